The average Bonchev–Trinajstić information content (AvgIpc) is 2.41. The van der Waals surface area contributed by atoms with E-state index < -0.39 is 0 Å². The van der Waals surface area contributed by atoms with Crippen molar-refractivity contribution >= 4 is 23.2 Å². The maximum atomic E-state index is 11.9. The van der Waals surface area contributed by atoms with Gasteiger partial charge in [-0.3, -0.25) is 4.79 Å². The second-order valence-corrected chi connectivity index (χ2v) is 4.53. The molecule has 0 aromatic heterocycles. The Balaban J connectivity index is 2.62. The molecule has 0 saturated heterocycles. The third-order valence-electron chi connectivity index (χ3n) is 3.00. The molecule has 1 amide bonds. The topological polar surface area (TPSA) is 78.6 Å². The van der Waals surface area contributed by atoms with Gasteiger partial charge in [-0.1, -0.05) is 25.4 Å². The largest absolute Gasteiger partial charge is 0.505 e. The van der Waals surface area contributed by atoms with Crippen LogP contribution in [0.3, 0.4) is 0 Å². The molecule has 0 heterocycles. The number of phenols is 1. The van der Waals surface area contributed by atoms with Crippen LogP contribution in [-0.2, 0) is 0 Å². The van der Waals surface area contributed by atoms with E-state index in [1.807, 2.05) is 0 Å². The van der Waals surface area contributed by atoms with Crippen molar-refractivity contribution in [1.82, 2.24) is 10.2 Å². The first-order valence-electron chi connectivity index (χ1n) is 6.28. The molecule has 0 spiro atoms. The number of aromatic hydroxyl groups is 1. The number of carbonyl (C=O) groups is 1. The molecule has 4 N–H and O–H groups in total. The zero-order valence-corrected chi connectivity index (χ0v) is 12.0. The normalized spacial score (nSPS) is 10.7. The number of carbonyl (C=O) groups excluding carboxylic acids is 1. The van der Waals surface area contributed by atoms with Crippen LogP contribution >= 0.6 is 11.6 Å². The fourth-order valence-corrected chi connectivity index (χ4v) is 1.89. The summed E-state index contributed by atoms with van der Waals surface area (Å²) >= 11 is 5.79. The van der Waals surface area contributed by atoms with E-state index in [0.29, 0.717) is 6.54 Å². The van der Waals surface area contributed by atoms with Gasteiger partial charge in [0.25, 0.3) is 5.91 Å². The van der Waals surface area contributed by atoms with Gasteiger partial charge in [-0.15, -0.1) is 0 Å². The standard InChI is InChI=1S/C13H20ClN3O2/c1-3-17(4-2)8-7-16-13(19)9-5-6-10(15)11(14)12(9)18/h5-6,18H,3-4,7-8,15H2,1-2H3,(H,16,19). The van der Waals surface area contributed by atoms with Gasteiger partial charge in [-0.05, 0) is 25.2 Å². The number of hydrogen-bond acceptors (Lipinski definition) is 4. The van der Waals surface area contributed by atoms with Crippen LogP contribution in [0, 0.1) is 0 Å². The Kier molecular flexibility index (Phi) is 5.92. The maximum absolute atomic E-state index is 11.9. The third-order valence-corrected chi connectivity index (χ3v) is 3.40. The molecule has 0 saturated carbocycles. The molecular formula is C13H20ClN3O2. The highest BCUT2D eigenvalue weighted by atomic mass is 35.5. The number of phenolic OH excluding ortho intramolecular Hbond substituents is 1. The van der Waals surface area contributed by atoms with Crippen LogP contribution in [0.5, 0.6) is 5.75 Å². The smallest absolute Gasteiger partial charge is 0.255 e. The number of nitrogens with one attached hydrogen (secondary N) is 1. The number of nitrogens with zero attached hydrogens (tertiary/aromatic N) is 1. The van der Waals surface area contributed by atoms with Gasteiger partial charge < -0.3 is 21.1 Å². The third kappa shape index (κ3) is 4.01. The van der Waals surface area contributed by atoms with Gasteiger partial charge in [-0.2, -0.15) is 0 Å². The molecule has 0 aliphatic heterocycles. The van der Waals surface area contributed by atoms with Crippen LogP contribution in [0.4, 0.5) is 5.69 Å². The zero-order valence-electron chi connectivity index (χ0n) is 11.2. The van der Waals surface area contributed by atoms with Crippen LogP contribution in [0.2, 0.25) is 5.02 Å². The van der Waals surface area contributed by atoms with E-state index in [2.05, 4.69) is 24.1 Å². The van der Waals surface area contributed by atoms with Gasteiger partial charge in [0.1, 0.15) is 10.8 Å². The molecule has 0 aliphatic rings. The van der Waals surface area contributed by atoms with Crippen LogP contribution in [-0.4, -0.2) is 42.1 Å². The van der Waals surface area contributed by atoms with Gasteiger partial charge in [0.2, 0.25) is 0 Å². The molecule has 0 atom stereocenters. The molecule has 0 radical (unpaired) electrons. The summed E-state index contributed by atoms with van der Waals surface area (Å²) in [5, 5.41) is 12.5. The lowest BCUT2D eigenvalue weighted by atomic mass is 10.1. The van der Waals surface area contributed by atoms with E-state index in [1.54, 1.807) is 0 Å². The van der Waals surface area contributed by atoms with E-state index in [0.717, 1.165) is 19.6 Å². The number of anilines is 1. The molecule has 0 aliphatic carbocycles. The average molecular weight is 286 g/mol. The summed E-state index contributed by atoms with van der Waals surface area (Å²) in [6.07, 6.45) is 0. The Bertz CT molecular complexity index is 448. The molecule has 0 fully saturated rings. The molecule has 6 heteroatoms. The Morgan fingerprint density at radius 3 is 2.63 bits per heavy atom. The monoisotopic (exact) mass is 285 g/mol. The summed E-state index contributed by atoms with van der Waals surface area (Å²) in [4.78, 5) is 14.1. The molecule has 0 unspecified atom stereocenters. The van der Waals surface area contributed by atoms with Gasteiger partial charge in [0.05, 0.1) is 11.3 Å². The number of likely N-dealkylation sites (N-methyl/N-ethyl adjacent to an activating group) is 1. The van der Waals surface area contributed by atoms with Crippen molar-refractivity contribution in [2.75, 3.05) is 31.9 Å². The predicted octanol–water partition coefficient (Wildman–Crippen LogP) is 1.70. The zero-order chi connectivity index (χ0) is 14.4. The Hall–Kier alpha value is -1.46. The number of rotatable bonds is 6. The molecule has 5 nitrogen and oxygen atoms in total. The predicted molar refractivity (Wildman–Crippen MR) is 77.7 cm³/mol. The van der Waals surface area contributed by atoms with Crippen molar-refractivity contribution in [2.45, 2.75) is 13.8 Å². The van der Waals surface area contributed by atoms with Gasteiger partial charge in [-0.25, -0.2) is 0 Å². The second kappa shape index (κ2) is 7.21. The summed E-state index contributed by atoms with van der Waals surface area (Å²) in [6.45, 7) is 7.29. The molecular weight excluding hydrogens is 266 g/mol. The van der Waals surface area contributed by atoms with Gasteiger partial charge in [0, 0.05) is 13.1 Å². The summed E-state index contributed by atoms with van der Waals surface area (Å²) in [5.74, 6) is -0.631. The van der Waals surface area contributed by atoms with Gasteiger partial charge >= 0.3 is 0 Å². The molecule has 106 valence electrons. The Morgan fingerprint density at radius 1 is 1.42 bits per heavy atom. The fraction of sp³-hybridized carbons (Fsp3) is 0.462. The maximum Gasteiger partial charge on any atom is 0.255 e. The summed E-state index contributed by atoms with van der Waals surface area (Å²) < 4.78 is 0. The summed E-state index contributed by atoms with van der Waals surface area (Å²) in [5.41, 5.74) is 5.92. The van der Waals surface area contributed by atoms with Crippen LogP contribution in [0.1, 0.15) is 24.2 Å². The van der Waals surface area contributed by atoms with Crippen LogP contribution in [0.25, 0.3) is 0 Å². The Morgan fingerprint density at radius 2 is 2.05 bits per heavy atom. The summed E-state index contributed by atoms with van der Waals surface area (Å²) in [7, 11) is 0. The minimum Gasteiger partial charge on any atom is -0.505 e. The first-order valence-corrected chi connectivity index (χ1v) is 6.66. The van der Waals surface area contributed by atoms with E-state index in [-0.39, 0.29) is 27.9 Å². The van der Waals surface area contributed by atoms with Gasteiger partial charge in [0.15, 0.2) is 0 Å². The number of benzene rings is 1. The van der Waals surface area contributed by atoms with E-state index in [4.69, 9.17) is 17.3 Å². The van der Waals surface area contributed by atoms with Crippen molar-refractivity contribution < 1.29 is 9.90 Å². The number of nitrogen functional groups attached to an aromatic ring is 1. The number of halogens is 1. The van der Waals surface area contributed by atoms with Crippen molar-refractivity contribution in [2.24, 2.45) is 0 Å². The number of amides is 1. The quantitative estimate of drug-likeness (QED) is 0.695. The first kappa shape index (κ1) is 15.6. The lowest BCUT2D eigenvalue weighted by molar-refractivity contribution is 0.0946. The lowest BCUT2D eigenvalue weighted by Gasteiger charge is -2.18. The highest BCUT2D eigenvalue weighted by Gasteiger charge is 2.15. The second-order valence-electron chi connectivity index (χ2n) is 4.15. The first-order chi connectivity index (χ1) is 9.01. The molecule has 1 aromatic rings. The minimum absolute atomic E-state index is 0.0105. The SMILES string of the molecule is CCN(CC)CCNC(=O)c1ccc(N)c(Cl)c1O. The number of nitrogens with two attached hydrogens (primary N) is 1. The van der Waals surface area contributed by atoms with E-state index in [9.17, 15) is 9.90 Å². The summed E-state index contributed by atoms with van der Waals surface area (Å²) in [6, 6.07) is 2.96. The van der Waals surface area contributed by atoms with Crippen LogP contribution < -0.4 is 11.1 Å². The van der Waals surface area contributed by atoms with Crippen molar-refractivity contribution in [3.05, 3.63) is 22.7 Å². The van der Waals surface area contributed by atoms with E-state index >= 15 is 0 Å². The molecule has 19 heavy (non-hydrogen) atoms. The highest BCUT2D eigenvalue weighted by Crippen LogP contribution is 2.32. The van der Waals surface area contributed by atoms with Crippen LogP contribution in [0.15, 0.2) is 12.1 Å². The number of hydrogen-bond donors (Lipinski definition) is 3. The molecule has 1 aromatic carbocycles. The fourth-order valence-electron chi connectivity index (χ4n) is 1.73. The molecule has 0 bridgehead atoms. The van der Waals surface area contributed by atoms with Crippen molar-refractivity contribution in [3.8, 4) is 5.75 Å². The lowest BCUT2D eigenvalue weighted by Crippen LogP contribution is -2.34. The minimum atomic E-state index is -0.355. The van der Waals surface area contributed by atoms with Crippen molar-refractivity contribution in [3.63, 3.8) is 0 Å². The highest BCUT2D eigenvalue weighted by molar-refractivity contribution is 6.35. The van der Waals surface area contributed by atoms with Crippen molar-refractivity contribution in [1.29, 1.82) is 0 Å². The molecule has 1 rings (SSSR count). The van der Waals surface area contributed by atoms with E-state index in [1.165, 1.54) is 12.1 Å². The Labute approximate surface area is 118 Å².